The number of benzene rings is 1. The predicted octanol–water partition coefficient (Wildman–Crippen LogP) is 2.46. The van der Waals surface area contributed by atoms with Crippen LogP contribution in [0.3, 0.4) is 0 Å². The van der Waals surface area contributed by atoms with E-state index in [0.717, 1.165) is 9.71 Å². The van der Waals surface area contributed by atoms with E-state index in [4.69, 9.17) is 5.73 Å². The zero-order chi connectivity index (χ0) is 9.42. The molecule has 1 aromatic heterocycles. The van der Waals surface area contributed by atoms with E-state index in [0.29, 0.717) is 5.52 Å². The maximum absolute atomic E-state index is 12.8. The van der Waals surface area contributed by atoms with Crippen molar-refractivity contribution in [2.24, 2.45) is 5.73 Å². The van der Waals surface area contributed by atoms with Crippen molar-refractivity contribution in [1.82, 2.24) is 4.98 Å². The van der Waals surface area contributed by atoms with Crippen LogP contribution in [0.5, 0.6) is 0 Å². The largest absolute Gasteiger partial charge is 0.322 e. The first-order valence-corrected chi connectivity index (χ1v) is 4.80. The van der Waals surface area contributed by atoms with Crippen molar-refractivity contribution < 1.29 is 4.39 Å². The van der Waals surface area contributed by atoms with E-state index in [9.17, 15) is 4.39 Å². The lowest BCUT2D eigenvalue weighted by Crippen LogP contribution is -2.03. The number of aromatic nitrogens is 1. The van der Waals surface area contributed by atoms with Crippen LogP contribution in [-0.4, -0.2) is 4.98 Å². The Labute approximate surface area is 79.2 Å². The Balaban J connectivity index is 2.62. The van der Waals surface area contributed by atoms with E-state index in [2.05, 4.69) is 4.98 Å². The highest BCUT2D eigenvalue weighted by atomic mass is 32.1. The Bertz CT molecular complexity index is 436. The third-order valence-electron chi connectivity index (χ3n) is 1.76. The number of nitrogens with zero attached hydrogens (tertiary/aromatic N) is 1. The van der Waals surface area contributed by atoms with Crippen LogP contribution in [0.2, 0.25) is 0 Å². The van der Waals surface area contributed by atoms with E-state index in [1.54, 1.807) is 6.07 Å². The fraction of sp³-hybridized carbons (Fsp3) is 0.222. The van der Waals surface area contributed by atoms with Crippen LogP contribution in [0.15, 0.2) is 18.2 Å². The van der Waals surface area contributed by atoms with Gasteiger partial charge in [-0.25, -0.2) is 9.37 Å². The smallest absolute Gasteiger partial charge is 0.125 e. The van der Waals surface area contributed by atoms with Gasteiger partial charge in [0.25, 0.3) is 0 Å². The molecule has 2 nitrogen and oxygen atoms in total. The van der Waals surface area contributed by atoms with Gasteiger partial charge >= 0.3 is 0 Å². The molecule has 0 radical (unpaired) electrons. The van der Waals surface area contributed by atoms with Crippen LogP contribution in [0.1, 0.15) is 18.0 Å². The number of hydrogen-bond acceptors (Lipinski definition) is 3. The number of fused-ring (bicyclic) bond motifs is 1. The second-order valence-electron chi connectivity index (χ2n) is 2.95. The molecule has 0 unspecified atom stereocenters. The minimum atomic E-state index is -0.256. The van der Waals surface area contributed by atoms with Crippen molar-refractivity contribution in [2.75, 3.05) is 0 Å². The average Bonchev–Trinajstić information content (AvgIpc) is 2.46. The Morgan fingerprint density at radius 3 is 3.00 bits per heavy atom. The molecule has 68 valence electrons. The molecular weight excluding hydrogens is 187 g/mol. The Hall–Kier alpha value is -1.00. The van der Waals surface area contributed by atoms with E-state index in [-0.39, 0.29) is 11.9 Å². The van der Waals surface area contributed by atoms with Gasteiger partial charge in [0.15, 0.2) is 0 Å². The average molecular weight is 196 g/mol. The SMILES string of the molecule is C[C@H](N)c1nc2cc(F)ccc2s1. The van der Waals surface area contributed by atoms with Gasteiger partial charge in [0.2, 0.25) is 0 Å². The maximum atomic E-state index is 12.8. The molecule has 1 atom stereocenters. The van der Waals surface area contributed by atoms with Gasteiger partial charge in [0.1, 0.15) is 10.8 Å². The summed E-state index contributed by atoms with van der Waals surface area (Å²) in [5.41, 5.74) is 6.36. The summed E-state index contributed by atoms with van der Waals surface area (Å²) >= 11 is 1.51. The molecule has 0 aliphatic carbocycles. The summed E-state index contributed by atoms with van der Waals surface area (Å²) in [6.07, 6.45) is 0. The Kier molecular flexibility index (Phi) is 2.01. The predicted molar refractivity (Wildman–Crippen MR) is 52.2 cm³/mol. The van der Waals surface area contributed by atoms with Crippen molar-refractivity contribution in [1.29, 1.82) is 0 Å². The molecule has 0 saturated carbocycles. The molecule has 0 spiro atoms. The van der Waals surface area contributed by atoms with Gasteiger partial charge in [-0.3, -0.25) is 0 Å². The van der Waals surface area contributed by atoms with Gasteiger partial charge in [0.05, 0.1) is 16.3 Å². The van der Waals surface area contributed by atoms with Gasteiger partial charge in [-0.05, 0) is 19.1 Å². The highest BCUT2D eigenvalue weighted by molar-refractivity contribution is 7.18. The third kappa shape index (κ3) is 1.55. The molecule has 0 fully saturated rings. The quantitative estimate of drug-likeness (QED) is 0.760. The molecule has 0 aliphatic rings. The molecule has 0 bridgehead atoms. The van der Waals surface area contributed by atoms with Crippen molar-refractivity contribution in [3.63, 3.8) is 0 Å². The summed E-state index contributed by atoms with van der Waals surface area (Å²) in [6, 6.07) is 4.51. The van der Waals surface area contributed by atoms with Gasteiger partial charge in [-0.15, -0.1) is 11.3 Å². The van der Waals surface area contributed by atoms with Crippen LogP contribution in [0.4, 0.5) is 4.39 Å². The Morgan fingerprint density at radius 1 is 1.54 bits per heavy atom. The van der Waals surface area contributed by atoms with Crippen molar-refractivity contribution in [2.45, 2.75) is 13.0 Å². The minimum Gasteiger partial charge on any atom is -0.322 e. The van der Waals surface area contributed by atoms with Gasteiger partial charge < -0.3 is 5.73 Å². The highest BCUT2D eigenvalue weighted by Crippen LogP contribution is 2.25. The lowest BCUT2D eigenvalue weighted by Gasteiger charge is -1.95. The molecule has 0 amide bonds. The zero-order valence-electron chi connectivity index (χ0n) is 7.12. The lowest BCUT2D eigenvalue weighted by atomic mass is 10.3. The third-order valence-corrected chi connectivity index (χ3v) is 2.99. The standard InChI is InChI=1S/C9H9FN2S/c1-5(11)9-12-7-4-6(10)2-3-8(7)13-9/h2-5H,11H2,1H3/t5-/m0/s1. The monoisotopic (exact) mass is 196 g/mol. The normalized spacial score (nSPS) is 13.5. The fourth-order valence-electron chi connectivity index (χ4n) is 1.11. The van der Waals surface area contributed by atoms with E-state index in [1.807, 2.05) is 6.92 Å². The molecule has 0 aliphatic heterocycles. The van der Waals surface area contributed by atoms with Crippen LogP contribution in [0, 0.1) is 5.82 Å². The number of thiazole rings is 1. The van der Waals surface area contributed by atoms with Gasteiger partial charge in [-0.1, -0.05) is 0 Å². The van der Waals surface area contributed by atoms with E-state index in [1.165, 1.54) is 23.5 Å². The number of nitrogens with two attached hydrogens (primary N) is 1. The fourth-order valence-corrected chi connectivity index (χ4v) is 2.01. The molecule has 1 heterocycles. The van der Waals surface area contributed by atoms with E-state index >= 15 is 0 Å². The van der Waals surface area contributed by atoms with Crippen molar-refractivity contribution >= 4 is 21.6 Å². The zero-order valence-corrected chi connectivity index (χ0v) is 7.94. The highest BCUT2D eigenvalue weighted by Gasteiger charge is 2.07. The molecule has 2 rings (SSSR count). The summed E-state index contributed by atoms with van der Waals surface area (Å²) in [5, 5.41) is 0.848. The molecule has 2 aromatic rings. The number of hydrogen-bond donors (Lipinski definition) is 1. The minimum absolute atomic E-state index is 0.0829. The first-order valence-electron chi connectivity index (χ1n) is 3.98. The maximum Gasteiger partial charge on any atom is 0.125 e. The summed E-state index contributed by atoms with van der Waals surface area (Å²) in [7, 11) is 0. The van der Waals surface area contributed by atoms with Crippen molar-refractivity contribution in [3.05, 3.63) is 29.0 Å². The Morgan fingerprint density at radius 2 is 2.31 bits per heavy atom. The first-order chi connectivity index (χ1) is 6.16. The summed E-state index contributed by atoms with van der Waals surface area (Å²) in [5.74, 6) is -0.256. The van der Waals surface area contributed by atoms with E-state index < -0.39 is 0 Å². The second-order valence-corrected chi connectivity index (χ2v) is 4.02. The molecule has 13 heavy (non-hydrogen) atoms. The van der Waals surface area contributed by atoms with Gasteiger partial charge in [0, 0.05) is 6.07 Å². The van der Waals surface area contributed by atoms with Crippen LogP contribution in [0.25, 0.3) is 10.2 Å². The molecule has 4 heteroatoms. The van der Waals surface area contributed by atoms with Crippen molar-refractivity contribution in [3.8, 4) is 0 Å². The first kappa shape index (κ1) is 8.59. The molecular formula is C9H9FN2S. The molecule has 2 N–H and O–H groups in total. The van der Waals surface area contributed by atoms with Gasteiger partial charge in [-0.2, -0.15) is 0 Å². The topological polar surface area (TPSA) is 38.9 Å². The number of rotatable bonds is 1. The summed E-state index contributed by atoms with van der Waals surface area (Å²) < 4.78 is 13.8. The summed E-state index contributed by atoms with van der Waals surface area (Å²) in [4.78, 5) is 4.23. The van der Waals surface area contributed by atoms with Crippen LogP contribution < -0.4 is 5.73 Å². The number of halogens is 1. The molecule has 0 saturated heterocycles. The van der Waals surface area contributed by atoms with Crippen LogP contribution in [-0.2, 0) is 0 Å². The lowest BCUT2D eigenvalue weighted by molar-refractivity contribution is 0.629. The second kappa shape index (κ2) is 3.05. The summed E-state index contributed by atoms with van der Waals surface area (Å²) in [6.45, 7) is 1.87. The molecule has 1 aromatic carbocycles. The van der Waals surface area contributed by atoms with Crippen LogP contribution >= 0.6 is 11.3 Å².